The number of aromatic nitrogens is 3. The van der Waals surface area contributed by atoms with E-state index in [0.29, 0.717) is 4.21 Å². The highest BCUT2D eigenvalue weighted by atomic mass is 32.2. The van der Waals surface area contributed by atoms with Crippen LogP contribution in [0, 0.1) is 0 Å². The van der Waals surface area contributed by atoms with Crippen molar-refractivity contribution in [1.82, 2.24) is 19.1 Å². The molecule has 0 bridgehead atoms. The van der Waals surface area contributed by atoms with Crippen molar-refractivity contribution >= 4 is 21.4 Å². The van der Waals surface area contributed by atoms with Gasteiger partial charge in [0.25, 0.3) is 10.0 Å². The number of benzene rings is 1. The van der Waals surface area contributed by atoms with Gasteiger partial charge in [-0.2, -0.15) is 9.40 Å². The van der Waals surface area contributed by atoms with Gasteiger partial charge in [-0.3, -0.25) is 0 Å². The zero-order valence-corrected chi connectivity index (χ0v) is 14.3. The topological polar surface area (TPSA) is 68.1 Å². The quantitative estimate of drug-likeness (QED) is 0.711. The maximum Gasteiger partial charge on any atom is 0.252 e. The van der Waals surface area contributed by atoms with Crippen LogP contribution in [0.1, 0.15) is 18.5 Å². The minimum Gasteiger partial charge on any atom is -0.223 e. The summed E-state index contributed by atoms with van der Waals surface area (Å²) in [6.45, 7) is 1.87. The molecule has 6 nitrogen and oxygen atoms in total. The van der Waals surface area contributed by atoms with Crippen molar-refractivity contribution in [3.05, 3.63) is 60.0 Å². The van der Waals surface area contributed by atoms with Crippen molar-refractivity contribution in [2.45, 2.75) is 17.2 Å². The van der Waals surface area contributed by atoms with Gasteiger partial charge in [0, 0.05) is 13.1 Å². The van der Waals surface area contributed by atoms with E-state index in [0.717, 1.165) is 11.3 Å². The minimum absolute atomic E-state index is 0.271. The lowest BCUT2D eigenvalue weighted by Gasteiger charge is -2.24. The van der Waals surface area contributed by atoms with Crippen LogP contribution in [-0.4, -0.2) is 34.5 Å². The van der Waals surface area contributed by atoms with Crippen molar-refractivity contribution in [1.29, 1.82) is 0 Å². The zero-order valence-electron chi connectivity index (χ0n) is 12.7. The van der Waals surface area contributed by atoms with Crippen LogP contribution in [0.4, 0.5) is 0 Å². The van der Waals surface area contributed by atoms with Crippen molar-refractivity contribution in [3.63, 3.8) is 0 Å². The molecule has 0 spiro atoms. The molecule has 0 aliphatic rings. The Kier molecular flexibility index (Phi) is 4.29. The first-order chi connectivity index (χ1) is 11.0. The Balaban J connectivity index is 1.84. The molecule has 23 heavy (non-hydrogen) atoms. The molecule has 0 radical (unpaired) electrons. The van der Waals surface area contributed by atoms with E-state index in [1.165, 1.54) is 22.0 Å². The highest BCUT2D eigenvalue weighted by molar-refractivity contribution is 7.91. The van der Waals surface area contributed by atoms with E-state index < -0.39 is 10.0 Å². The Labute approximate surface area is 139 Å². The van der Waals surface area contributed by atoms with Crippen molar-refractivity contribution in [3.8, 4) is 5.69 Å². The number of hydrogen-bond donors (Lipinski definition) is 0. The first-order valence-electron chi connectivity index (χ1n) is 6.96. The SMILES string of the molecule is C[C@H](c1ccc(-n2cncn2)cc1)N(C)S(=O)(=O)c1cccs1. The Morgan fingerprint density at radius 3 is 2.52 bits per heavy atom. The minimum atomic E-state index is -3.47. The van der Waals surface area contributed by atoms with Crippen LogP contribution in [0.2, 0.25) is 0 Å². The van der Waals surface area contributed by atoms with Crippen LogP contribution in [0.5, 0.6) is 0 Å². The average molecular weight is 348 g/mol. The molecule has 0 saturated carbocycles. The van der Waals surface area contributed by atoms with E-state index in [-0.39, 0.29) is 6.04 Å². The first kappa shape index (κ1) is 15.9. The highest BCUT2D eigenvalue weighted by Crippen LogP contribution is 2.28. The summed E-state index contributed by atoms with van der Waals surface area (Å²) < 4.78 is 28.5. The summed E-state index contributed by atoms with van der Waals surface area (Å²) >= 11 is 1.22. The van der Waals surface area contributed by atoms with Crippen LogP contribution in [0.15, 0.2) is 58.6 Å². The lowest BCUT2D eigenvalue weighted by molar-refractivity contribution is 0.399. The predicted molar refractivity (Wildman–Crippen MR) is 89.0 cm³/mol. The second-order valence-corrected chi connectivity index (χ2v) is 8.23. The van der Waals surface area contributed by atoms with E-state index in [1.54, 1.807) is 35.6 Å². The van der Waals surface area contributed by atoms with E-state index in [9.17, 15) is 8.42 Å². The molecule has 8 heteroatoms. The van der Waals surface area contributed by atoms with Gasteiger partial charge >= 0.3 is 0 Å². The number of nitrogens with zero attached hydrogens (tertiary/aromatic N) is 4. The number of hydrogen-bond acceptors (Lipinski definition) is 5. The van der Waals surface area contributed by atoms with Crippen molar-refractivity contribution in [2.75, 3.05) is 7.05 Å². The molecule has 3 aromatic rings. The molecule has 1 atom stereocenters. The fraction of sp³-hybridized carbons (Fsp3) is 0.200. The fourth-order valence-corrected chi connectivity index (χ4v) is 4.74. The molecule has 3 rings (SSSR count). The molecular formula is C15H16N4O2S2. The standard InChI is InChI=1S/C15H16N4O2S2/c1-12(18(2)23(20,21)15-4-3-9-22-15)13-5-7-14(8-6-13)19-11-16-10-17-19/h3-12H,1-2H3/t12-/m1/s1. The van der Waals surface area contributed by atoms with Crippen LogP contribution < -0.4 is 0 Å². The molecule has 0 aliphatic heterocycles. The normalized spacial score (nSPS) is 13.3. The van der Waals surface area contributed by atoms with E-state index >= 15 is 0 Å². The summed E-state index contributed by atoms with van der Waals surface area (Å²) in [6, 6.07) is 10.7. The molecule has 1 aromatic carbocycles. The van der Waals surface area contributed by atoms with Gasteiger partial charge in [-0.05, 0) is 36.1 Å². The van der Waals surface area contributed by atoms with E-state index in [1.807, 2.05) is 31.2 Å². The van der Waals surface area contributed by atoms with Gasteiger partial charge in [0.05, 0.1) is 5.69 Å². The van der Waals surface area contributed by atoms with Crippen LogP contribution in [0.25, 0.3) is 5.69 Å². The van der Waals surface area contributed by atoms with Crippen LogP contribution >= 0.6 is 11.3 Å². The summed E-state index contributed by atoms with van der Waals surface area (Å²) in [7, 11) is -1.87. The number of sulfonamides is 1. The molecule has 2 heterocycles. The monoisotopic (exact) mass is 348 g/mol. The molecule has 0 saturated heterocycles. The molecule has 0 fully saturated rings. The Hall–Kier alpha value is -2.03. The van der Waals surface area contributed by atoms with Crippen molar-refractivity contribution in [2.24, 2.45) is 0 Å². The summed E-state index contributed by atoms with van der Waals surface area (Å²) in [5, 5.41) is 5.83. The maximum atomic E-state index is 12.6. The first-order valence-corrected chi connectivity index (χ1v) is 9.28. The zero-order chi connectivity index (χ0) is 16.4. The van der Waals surface area contributed by atoms with Crippen LogP contribution in [-0.2, 0) is 10.0 Å². The average Bonchev–Trinajstić information content (AvgIpc) is 3.26. The lowest BCUT2D eigenvalue weighted by Crippen LogP contribution is -2.29. The molecule has 0 unspecified atom stereocenters. The fourth-order valence-electron chi connectivity index (χ4n) is 2.22. The largest absolute Gasteiger partial charge is 0.252 e. The Bertz CT molecular complexity index is 857. The Morgan fingerprint density at radius 2 is 1.96 bits per heavy atom. The summed E-state index contributed by atoms with van der Waals surface area (Å²) in [5.41, 5.74) is 1.79. The third-order valence-electron chi connectivity index (χ3n) is 3.73. The summed E-state index contributed by atoms with van der Waals surface area (Å²) in [4.78, 5) is 3.91. The molecule has 0 N–H and O–H groups in total. The van der Waals surface area contributed by atoms with Crippen molar-refractivity contribution < 1.29 is 8.42 Å². The molecule has 120 valence electrons. The summed E-state index contributed by atoms with van der Waals surface area (Å²) in [6.07, 6.45) is 3.09. The predicted octanol–water partition coefficient (Wildman–Crippen LogP) is 2.71. The smallest absolute Gasteiger partial charge is 0.223 e. The highest BCUT2D eigenvalue weighted by Gasteiger charge is 2.27. The second-order valence-electron chi connectivity index (χ2n) is 5.06. The van der Waals surface area contributed by atoms with Gasteiger partial charge < -0.3 is 0 Å². The third kappa shape index (κ3) is 3.05. The molecular weight excluding hydrogens is 332 g/mol. The van der Waals surface area contributed by atoms with E-state index in [2.05, 4.69) is 10.1 Å². The third-order valence-corrected chi connectivity index (χ3v) is 7.03. The van der Waals surface area contributed by atoms with Gasteiger partial charge in [0.1, 0.15) is 16.9 Å². The molecule has 0 amide bonds. The molecule has 2 aromatic heterocycles. The molecule has 0 aliphatic carbocycles. The van der Waals surface area contributed by atoms with Gasteiger partial charge in [0.2, 0.25) is 0 Å². The summed E-state index contributed by atoms with van der Waals surface area (Å²) in [5.74, 6) is 0. The second kappa shape index (κ2) is 6.23. The van der Waals surface area contributed by atoms with E-state index in [4.69, 9.17) is 0 Å². The Morgan fingerprint density at radius 1 is 1.22 bits per heavy atom. The maximum absolute atomic E-state index is 12.6. The number of rotatable bonds is 5. The number of thiophene rings is 1. The van der Waals surface area contributed by atoms with Gasteiger partial charge in [-0.1, -0.05) is 18.2 Å². The van der Waals surface area contributed by atoms with Gasteiger partial charge in [-0.25, -0.2) is 18.1 Å². The van der Waals surface area contributed by atoms with Crippen LogP contribution in [0.3, 0.4) is 0 Å². The lowest BCUT2D eigenvalue weighted by atomic mass is 10.1. The van der Waals surface area contributed by atoms with Gasteiger partial charge in [-0.15, -0.1) is 11.3 Å². The van der Waals surface area contributed by atoms with Gasteiger partial charge in [0.15, 0.2) is 0 Å².